The average Bonchev–Trinajstić information content (AvgIpc) is 2.28. The zero-order valence-electron chi connectivity index (χ0n) is 9.82. The smallest absolute Gasteiger partial charge is 0.337 e. The van der Waals surface area contributed by atoms with Gasteiger partial charge < -0.3 is 10.4 Å². The Balaban J connectivity index is 2.89. The van der Waals surface area contributed by atoms with Crippen LogP contribution >= 0.6 is 11.8 Å². The van der Waals surface area contributed by atoms with Crippen LogP contribution in [0.1, 0.15) is 22.3 Å². The number of rotatable bonds is 5. The van der Waals surface area contributed by atoms with Crippen LogP contribution in [0.3, 0.4) is 0 Å². The molecule has 17 heavy (non-hydrogen) atoms. The Hall–Kier alpha value is -1.49. The summed E-state index contributed by atoms with van der Waals surface area (Å²) < 4.78 is 0. The van der Waals surface area contributed by atoms with Gasteiger partial charge in [-0.2, -0.15) is 11.8 Å². The van der Waals surface area contributed by atoms with E-state index < -0.39 is 5.97 Å². The van der Waals surface area contributed by atoms with E-state index in [9.17, 15) is 9.59 Å². The van der Waals surface area contributed by atoms with Crippen molar-refractivity contribution in [1.82, 2.24) is 0 Å². The molecule has 1 rings (SSSR count). The van der Waals surface area contributed by atoms with Crippen molar-refractivity contribution < 1.29 is 14.7 Å². The molecule has 0 heterocycles. The van der Waals surface area contributed by atoms with Crippen molar-refractivity contribution in [1.29, 1.82) is 0 Å². The van der Waals surface area contributed by atoms with Gasteiger partial charge in [0.15, 0.2) is 0 Å². The van der Waals surface area contributed by atoms with Gasteiger partial charge in [-0.3, -0.25) is 4.79 Å². The fourth-order valence-corrected chi connectivity index (χ4v) is 1.80. The second-order valence-electron chi connectivity index (χ2n) is 3.59. The summed E-state index contributed by atoms with van der Waals surface area (Å²) in [6.45, 7) is 1.77. The molecule has 4 nitrogen and oxygen atoms in total. The Kier molecular flexibility index (Phi) is 5.03. The third-order valence-corrected chi connectivity index (χ3v) is 2.91. The first-order valence-corrected chi connectivity index (χ1v) is 6.57. The van der Waals surface area contributed by atoms with Gasteiger partial charge in [0.1, 0.15) is 0 Å². The maximum absolute atomic E-state index is 11.6. The number of hydrogen-bond acceptors (Lipinski definition) is 3. The molecule has 0 saturated carbocycles. The molecule has 0 aromatic heterocycles. The summed E-state index contributed by atoms with van der Waals surface area (Å²) in [5.74, 6) is -0.467. The zero-order chi connectivity index (χ0) is 12.8. The van der Waals surface area contributed by atoms with E-state index in [2.05, 4.69) is 5.32 Å². The monoisotopic (exact) mass is 253 g/mol. The molecule has 0 bridgehead atoms. The average molecular weight is 253 g/mol. The maximum atomic E-state index is 11.6. The Labute approximate surface area is 104 Å². The second-order valence-corrected chi connectivity index (χ2v) is 4.58. The highest BCUT2D eigenvalue weighted by molar-refractivity contribution is 7.98. The van der Waals surface area contributed by atoms with Crippen molar-refractivity contribution in [2.45, 2.75) is 13.3 Å². The lowest BCUT2D eigenvalue weighted by Crippen LogP contribution is -2.16. The van der Waals surface area contributed by atoms with Crippen molar-refractivity contribution in [2.75, 3.05) is 17.3 Å². The molecule has 0 atom stereocenters. The lowest BCUT2D eigenvalue weighted by molar-refractivity contribution is -0.115. The van der Waals surface area contributed by atoms with Crippen LogP contribution in [0.2, 0.25) is 0 Å². The molecule has 0 spiro atoms. The molecular formula is C12H15NO3S. The molecule has 0 aliphatic carbocycles. The van der Waals surface area contributed by atoms with E-state index in [1.54, 1.807) is 30.8 Å². The van der Waals surface area contributed by atoms with Gasteiger partial charge in [-0.25, -0.2) is 4.79 Å². The second kappa shape index (κ2) is 6.30. The highest BCUT2D eigenvalue weighted by Gasteiger charge is 2.13. The van der Waals surface area contributed by atoms with Crippen molar-refractivity contribution >= 4 is 29.3 Å². The minimum atomic E-state index is -1.03. The van der Waals surface area contributed by atoms with E-state index >= 15 is 0 Å². The normalized spacial score (nSPS) is 10.0. The van der Waals surface area contributed by atoms with Crippen LogP contribution in [0.5, 0.6) is 0 Å². The number of aryl methyl sites for hydroxylation is 1. The molecule has 0 fully saturated rings. The molecule has 92 valence electrons. The first-order valence-electron chi connectivity index (χ1n) is 5.18. The maximum Gasteiger partial charge on any atom is 0.337 e. The minimum absolute atomic E-state index is 0.127. The van der Waals surface area contributed by atoms with E-state index in [0.29, 0.717) is 12.1 Å². The quantitative estimate of drug-likeness (QED) is 0.845. The molecule has 5 heteroatoms. The molecule has 0 aliphatic heterocycles. The Morgan fingerprint density at radius 1 is 1.41 bits per heavy atom. The molecule has 0 saturated heterocycles. The molecule has 0 radical (unpaired) electrons. The van der Waals surface area contributed by atoms with Crippen molar-refractivity contribution in [3.8, 4) is 0 Å². The predicted octanol–water partition coefficient (Wildman–Crippen LogP) is 2.38. The summed E-state index contributed by atoms with van der Waals surface area (Å²) in [6.07, 6.45) is 2.30. The SMILES string of the molecule is CSCCC(=O)Nc1c(C)cccc1C(=O)O. The number of carbonyl (C=O) groups is 2. The number of para-hydroxylation sites is 1. The first-order chi connectivity index (χ1) is 8.06. The van der Waals surface area contributed by atoms with Gasteiger partial charge >= 0.3 is 5.97 Å². The van der Waals surface area contributed by atoms with Gasteiger partial charge in [-0.15, -0.1) is 0 Å². The lowest BCUT2D eigenvalue weighted by atomic mass is 10.1. The van der Waals surface area contributed by atoms with Gasteiger partial charge in [0.05, 0.1) is 11.3 Å². The molecule has 1 aromatic carbocycles. The zero-order valence-corrected chi connectivity index (χ0v) is 10.6. The molecule has 0 unspecified atom stereocenters. The Bertz CT molecular complexity index is 432. The standard InChI is InChI=1S/C12H15NO3S/c1-8-4-3-5-9(12(15)16)11(8)13-10(14)6-7-17-2/h3-5H,6-7H2,1-2H3,(H,13,14)(H,15,16). The van der Waals surface area contributed by atoms with E-state index in [0.717, 1.165) is 11.3 Å². The van der Waals surface area contributed by atoms with Crippen LogP contribution < -0.4 is 5.32 Å². The van der Waals surface area contributed by atoms with Crippen LogP contribution in [0, 0.1) is 6.92 Å². The van der Waals surface area contributed by atoms with E-state index in [1.807, 2.05) is 6.26 Å². The highest BCUT2D eigenvalue weighted by atomic mass is 32.2. The Morgan fingerprint density at radius 3 is 2.71 bits per heavy atom. The van der Waals surface area contributed by atoms with Gasteiger partial charge in [0, 0.05) is 12.2 Å². The number of carbonyl (C=O) groups excluding carboxylic acids is 1. The number of carboxylic acid groups (broad SMARTS) is 1. The molecule has 1 amide bonds. The number of nitrogens with one attached hydrogen (secondary N) is 1. The molecule has 1 aromatic rings. The van der Waals surface area contributed by atoms with Gasteiger partial charge in [-0.1, -0.05) is 12.1 Å². The number of amides is 1. The predicted molar refractivity (Wildman–Crippen MR) is 69.8 cm³/mol. The summed E-state index contributed by atoms with van der Waals surface area (Å²) in [7, 11) is 0. The number of benzene rings is 1. The first kappa shape index (κ1) is 13.6. The van der Waals surface area contributed by atoms with E-state index in [1.165, 1.54) is 6.07 Å². The summed E-state index contributed by atoms with van der Waals surface area (Å²) in [5, 5.41) is 11.7. The van der Waals surface area contributed by atoms with Crippen LogP contribution in [-0.2, 0) is 4.79 Å². The van der Waals surface area contributed by atoms with E-state index in [-0.39, 0.29) is 11.5 Å². The van der Waals surface area contributed by atoms with Gasteiger partial charge in [0.25, 0.3) is 0 Å². The molecule has 2 N–H and O–H groups in total. The van der Waals surface area contributed by atoms with Crippen LogP contribution in [0.4, 0.5) is 5.69 Å². The summed E-state index contributed by atoms with van der Waals surface area (Å²) in [6, 6.07) is 4.92. The van der Waals surface area contributed by atoms with E-state index in [4.69, 9.17) is 5.11 Å². The number of thioether (sulfide) groups is 1. The van der Waals surface area contributed by atoms with Crippen LogP contribution in [0.15, 0.2) is 18.2 Å². The summed E-state index contributed by atoms with van der Waals surface area (Å²) in [4.78, 5) is 22.6. The number of hydrogen-bond donors (Lipinski definition) is 2. The lowest BCUT2D eigenvalue weighted by Gasteiger charge is -2.11. The van der Waals surface area contributed by atoms with Crippen molar-refractivity contribution in [3.63, 3.8) is 0 Å². The van der Waals surface area contributed by atoms with Crippen molar-refractivity contribution in [3.05, 3.63) is 29.3 Å². The summed E-state index contributed by atoms with van der Waals surface area (Å²) >= 11 is 1.58. The largest absolute Gasteiger partial charge is 0.478 e. The third kappa shape index (κ3) is 3.78. The van der Waals surface area contributed by atoms with Crippen molar-refractivity contribution in [2.24, 2.45) is 0 Å². The fourth-order valence-electron chi connectivity index (χ4n) is 1.41. The number of carboxylic acids is 1. The number of aromatic carboxylic acids is 1. The highest BCUT2D eigenvalue weighted by Crippen LogP contribution is 2.20. The fraction of sp³-hybridized carbons (Fsp3) is 0.333. The van der Waals surface area contributed by atoms with Gasteiger partial charge in [-0.05, 0) is 24.8 Å². The third-order valence-electron chi connectivity index (χ3n) is 2.30. The summed E-state index contributed by atoms with van der Waals surface area (Å²) in [5.41, 5.74) is 1.27. The number of anilines is 1. The molecule has 0 aliphatic rings. The van der Waals surface area contributed by atoms with Crippen LogP contribution in [0.25, 0.3) is 0 Å². The Morgan fingerprint density at radius 2 is 2.12 bits per heavy atom. The van der Waals surface area contributed by atoms with Crippen LogP contribution in [-0.4, -0.2) is 29.0 Å². The topological polar surface area (TPSA) is 66.4 Å². The molecular weight excluding hydrogens is 238 g/mol. The minimum Gasteiger partial charge on any atom is -0.478 e. The van der Waals surface area contributed by atoms with Gasteiger partial charge in [0.2, 0.25) is 5.91 Å².